The Morgan fingerprint density at radius 2 is 1.44 bits per heavy atom. The molecule has 2 aromatic rings. The van der Waals surface area contributed by atoms with Crippen molar-refractivity contribution in [1.29, 1.82) is 0 Å². The van der Waals surface area contributed by atoms with Crippen LogP contribution in [0.2, 0.25) is 0 Å². The topological polar surface area (TPSA) is 29.3 Å². The Bertz CT molecular complexity index is 553. The van der Waals surface area contributed by atoms with E-state index in [9.17, 15) is 0 Å². The van der Waals surface area contributed by atoms with E-state index in [1.165, 1.54) is 5.56 Å². The lowest BCUT2D eigenvalue weighted by Crippen LogP contribution is -2.62. The summed E-state index contributed by atoms with van der Waals surface area (Å²) in [5.41, 5.74) is 8.46. The predicted molar refractivity (Wildman–Crippen MR) is 78.7 cm³/mol. The molecule has 1 aliphatic heterocycles. The molecular formula is C15H14N2S. The first-order valence-electron chi connectivity index (χ1n) is 5.97. The van der Waals surface area contributed by atoms with Crippen LogP contribution in [0.1, 0.15) is 11.6 Å². The van der Waals surface area contributed by atoms with Crippen LogP contribution in [0, 0.1) is 0 Å². The summed E-state index contributed by atoms with van der Waals surface area (Å²) in [5.74, 6) is 0. The van der Waals surface area contributed by atoms with E-state index in [4.69, 9.17) is 18.0 Å². The van der Waals surface area contributed by atoms with E-state index in [1.807, 2.05) is 36.4 Å². The van der Waals surface area contributed by atoms with Crippen molar-refractivity contribution < 1.29 is 0 Å². The van der Waals surface area contributed by atoms with Crippen LogP contribution in [0.15, 0.2) is 60.7 Å². The van der Waals surface area contributed by atoms with E-state index < -0.39 is 0 Å². The summed E-state index contributed by atoms with van der Waals surface area (Å²) in [6, 6.07) is 20.5. The van der Waals surface area contributed by atoms with Gasteiger partial charge in [0.2, 0.25) is 0 Å². The summed E-state index contributed by atoms with van der Waals surface area (Å²) < 4.78 is 0. The zero-order valence-corrected chi connectivity index (χ0v) is 10.7. The van der Waals surface area contributed by atoms with Crippen LogP contribution >= 0.6 is 12.2 Å². The first-order valence-corrected chi connectivity index (χ1v) is 6.38. The lowest BCUT2D eigenvalue weighted by Gasteiger charge is -2.48. The molecule has 2 nitrogen and oxygen atoms in total. The van der Waals surface area contributed by atoms with Gasteiger partial charge in [-0.05, 0) is 17.7 Å². The van der Waals surface area contributed by atoms with Gasteiger partial charge in [-0.15, -0.1) is 0 Å². The summed E-state index contributed by atoms with van der Waals surface area (Å²) in [6.07, 6.45) is 0. The molecular weight excluding hydrogens is 240 g/mol. The fourth-order valence-electron chi connectivity index (χ4n) is 2.39. The number of para-hydroxylation sites is 1. The molecule has 3 rings (SSSR count). The van der Waals surface area contributed by atoms with Crippen LogP contribution in [-0.2, 0) is 0 Å². The molecule has 0 bridgehead atoms. The van der Waals surface area contributed by atoms with Gasteiger partial charge in [0.25, 0.3) is 0 Å². The van der Waals surface area contributed by atoms with Crippen molar-refractivity contribution in [3.8, 4) is 0 Å². The Hall–Kier alpha value is -1.71. The molecule has 2 aromatic carbocycles. The summed E-state index contributed by atoms with van der Waals surface area (Å²) in [7, 11) is 0. The average Bonchev–Trinajstić information content (AvgIpc) is 2.45. The Kier molecular flexibility index (Phi) is 2.86. The molecule has 0 saturated carbocycles. The van der Waals surface area contributed by atoms with Gasteiger partial charge in [-0.3, -0.25) is 0 Å². The third-order valence-corrected chi connectivity index (χ3v) is 3.79. The minimum absolute atomic E-state index is 0.0670. The Morgan fingerprint density at radius 3 is 2.06 bits per heavy atom. The molecule has 18 heavy (non-hydrogen) atoms. The maximum atomic E-state index is 6.14. The SMILES string of the molecule is N[C@H]1C(=S)N(c2ccccc2)[C@@H]1c1ccccc1. The molecule has 1 aliphatic rings. The summed E-state index contributed by atoms with van der Waals surface area (Å²) in [6.45, 7) is 0. The molecule has 2 atom stereocenters. The zero-order valence-electron chi connectivity index (χ0n) is 9.86. The van der Waals surface area contributed by atoms with Crippen LogP contribution in [0.5, 0.6) is 0 Å². The van der Waals surface area contributed by atoms with Crippen molar-refractivity contribution in [2.24, 2.45) is 5.73 Å². The highest BCUT2D eigenvalue weighted by molar-refractivity contribution is 7.80. The number of nitrogens with zero attached hydrogens (tertiary/aromatic N) is 1. The monoisotopic (exact) mass is 254 g/mol. The second-order valence-electron chi connectivity index (χ2n) is 4.43. The van der Waals surface area contributed by atoms with Crippen molar-refractivity contribution in [2.75, 3.05) is 4.90 Å². The normalized spacial score (nSPS) is 22.7. The molecule has 1 fully saturated rings. The molecule has 1 heterocycles. The van der Waals surface area contributed by atoms with Crippen LogP contribution in [0.3, 0.4) is 0 Å². The molecule has 0 amide bonds. The zero-order chi connectivity index (χ0) is 12.5. The van der Waals surface area contributed by atoms with Gasteiger partial charge >= 0.3 is 0 Å². The summed E-state index contributed by atoms with van der Waals surface area (Å²) >= 11 is 5.39. The molecule has 0 unspecified atom stereocenters. The van der Waals surface area contributed by atoms with Gasteiger partial charge in [0, 0.05) is 5.69 Å². The standard InChI is InChI=1S/C15H14N2S/c16-13-14(11-7-3-1-4-8-11)17(15(13)18)12-9-5-2-6-10-12/h1-10,13-14H,16H2/t13-,14-/m1/s1. The van der Waals surface area contributed by atoms with Crippen molar-refractivity contribution in [3.63, 3.8) is 0 Å². The second kappa shape index (κ2) is 4.52. The predicted octanol–water partition coefficient (Wildman–Crippen LogP) is 2.90. The number of hydrogen-bond acceptors (Lipinski definition) is 2. The van der Waals surface area contributed by atoms with Crippen molar-refractivity contribution in [3.05, 3.63) is 66.2 Å². The Morgan fingerprint density at radius 1 is 0.889 bits per heavy atom. The van der Waals surface area contributed by atoms with E-state index in [0.29, 0.717) is 0 Å². The maximum absolute atomic E-state index is 6.14. The molecule has 1 saturated heterocycles. The first-order chi connectivity index (χ1) is 8.79. The molecule has 0 aliphatic carbocycles. The van der Waals surface area contributed by atoms with Crippen LogP contribution < -0.4 is 10.6 Å². The average molecular weight is 254 g/mol. The number of benzene rings is 2. The number of rotatable bonds is 2. The Balaban J connectivity index is 1.97. The van der Waals surface area contributed by atoms with Crippen LogP contribution in [-0.4, -0.2) is 11.0 Å². The molecule has 0 radical (unpaired) electrons. The molecule has 90 valence electrons. The number of nitrogens with two attached hydrogens (primary N) is 1. The van der Waals surface area contributed by atoms with Gasteiger partial charge in [0.05, 0.1) is 12.1 Å². The van der Waals surface area contributed by atoms with E-state index in [1.54, 1.807) is 0 Å². The van der Waals surface area contributed by atoms with Crippen molar-refractivity contribution >= 4 is 22.9 Å². The molecule has 2 N–H and O–H groups in total. The maximum Gasteiger partial charge on any atom is 0.102 e. The third kappa shape index (κ3) is 1.72. The highest BCUT2D eigenvalue weighted by atomic mass is 32.1. The minimum Gasteiger partial charge on any atom is -0.325 e. The van der Waals surface area contributed by atoms with Gasteiger partial charge in [-0.2, -0.15) is 0 Å². The van der Waals surface area contributed by atoms with Crippen LogP contribution in [0.4, 0.5) is 5.69 Å². The van der Waals surface area contributed by atoms with Gasteiger partial charge in [-0.25, -0.2) is 0 Å². The van der Waals surface area contributed by atoms with Gasteiger partial charge < -0.3 is 10.6 Å². The Labute approximate surface area is 112 Å². The number of thiocarbonyl (C=S) groups is 1. The van der Waals surface area contributed by atoms with Crippen LogP contribution in [0.25, 0.3) is 0 Å². The molecule has 3 heteroatoms. The fourth-order valence-corrected chi connectivity index (χ4v) is 2.74. The lowest BCUT2D eigenvalue weighted by molar-refractivity contribution is 0.577. The first kappa shape index (κ1) is 11.4. The highest BCUT2D eigenvalue weighted by Crippen LogP contribution is 2.38. The summed E-state index contributed by atoms with van der Waals surface area (Å²) in [4.78, 5) is 2.95. The van der Waals surface area contributed by atoms with Gasteiger partial charge in [0.1, 0.15) is 4.99 Å². The molecule has 0 aromatic heterocycles. The smallest absolute Gasteiger partial charge is 0.102 e. The largest absolute Gasteiger partial charge is 0.325 e. The minimum atomic E-state index is -0.0670. The van der Waals surface area contributed by atoms with Gasteiger partial charge in [-0.1, -0.05) is 60.7 Å². The van der Waals surface area contributed by atoms with Gasteiger partial charge in [0.15, 0.2) is 0 Å². The van der Waals surface area contributed by atoms with E-state index in [-0.39, 0.29) is 12.1 Å². The van der Waals surface area contributed by atoms with Crippen molar-refractivity contribution in [2.45, 2.75) is 12.1 Å². The van der Waals surface area contributed by atoms with E-state index in [2.05, 4.69) is 29.2 Å². The fraction of sp³-hybridized carbons (Fsp3) is 0.133. The second-order valence-corrected chi connectivity index (χ2v) is 4.84. The lowest BCUT2D eigenvalue weighted by atomic mass is 9.89. The number of anilines is 1. The van der Waals surface area contributed by atoms with E-state index in [0.717, 1.165) is 10.7 Å². The van der Waals surface area contributed by atoms with Crippen molar-refractivity contribution in [1.82, 2.24) is 0 Å². The molecule has 0 spiro atoms. The number of hydrogen-bond donors (Lipinski definition) is 1. The van der Waals surface area contributed by atoms with E-state index >= 15 is 0 Å². The third-order valence-electron chi connectivity index (χ3n) is 3.32. The summed E-state index contributed by atoms with van der Waals surface area (Å²) in [5, 5.41) is 0. The quantitative estimate of drug-likeness (QED) is 0.836. The highest BCUT2D eigenvalue weighted by Gasteiger charge is 2.42.